The number of aromatic nitrogens is 1. The number of ether oxygens (including phenoxy) is 1. The molecular formula is C14H11ClN2O4. The molecule has 0 atom stereocenters. The van der Waals surface area contributed by atoms with Crippen LogP contribution in [0.3, 0.4) is 0 Å². The van der Waals surface area contributed by atoms with Gasteiger partial charge in [0.05, 0.1) is 18.2 Å². The fourth-order valence-corrected chi connectivity index (χ4v) is 1.83. The third-order valence-corrected chi connectivity index (χ3v) is 2.89. The molecule has 0 unspecified atom stereocenters. The number of hydrogen-bond donors (Lipinski definition) is 2. The summed E-state index contributed by atoms with van der Waals surface area (Å²) in [7, 11) is 1.42. The van der Waals surface area contributed by atoms with Crippen LogP contribution in [0.15, 0.2) is 36.5 Å². The lowest BCUT2D eigenvalue weighted by molar-refractivity contribution is 0.0696. The van der Waals surface area contributed by atoms with E-state index in [1.54, 1.807) is 6.07 Å². The Hall–Kier alpha value is -2.60. The lowest BCUT2D eigenvalue weighted by atomic mass is 10.2. The van der Waals surface area contributed by atoms with Crippen LogP contribution < -0.4 is 10.1 Å². The fourth-order valence-electron chi connectivity index (χ4n) is 1.67. The van der Waals surface area contributed by atoms with E-state index in [0.29, 0.717) is 10.8 Å². The number of hydrogen-bond acceptors (Lipinski definition) is 4. The highest BCUT2D eigenvalue weighted by Crippen LogP contribution is 2.23. The van der Waals surface area contributed by atoms with E-state index in [0.717, 1.165) is 0 Å². The van der Waals surface area contributed by atoms with Gasteiger partial charge in [-0.2, -0.15) is 0 Å². The van der Waals surface area contributed by atoms with Crippen LogP contribution in [0.5, 0.6) is 5.75 Å². The van der Waals surface area contributed by atoms with E-state index in [4.69, 9.17) is 21.4 Å². The highest BCUT2D eigenvalue weighted by Gasteiger charge is 2.14. The monoisotopic (exact) mass is 306 g/mol. The second-order valence-electron chi connectivity index (χ2n) is 4.03. The van der Waals surface area contributed by atoms with E-state index in [2.05, 4.69) is 10.3 Å². The molecule has 108 valence electrons. The van der Waals surface area contributed by atoms with Gasteiger partial charge >= 0.3 is 5.97 Å². The molecule has 1 amide bonds. The number of rotatable bonds is 4. The molecule has 2 aromatic rings. The van der Waals surface area contributed by atoms with Gasteiger partial charge < -0.3 is 15.2 Å². The molecule has 0 radical (unpaired) electrons. The number of carbonyl (C=O) groups excluding carboxylic acids is 1. The van der Waals surface area contributed by atoms with Crippen LogP contribution in [0.25, 0.3) is 0 Å². The van der Waals surface area contributed by atoms with Crippen LogP contribution in [0, 0.1) is 0 Å². The van der Waals surface area contributed by atoms with E-state index in [9.17, 15) is 9.59 Å². The quantitative estimate of drug-likeness (QED) is 0.906. The Bertz CT molecular complexity index is 703. The van der Waals surface area contributed by atoms with Crippen molar-refractivity contribution in [3.8, 4) is 5.75 Å². The van der Waals surface area contributed by atoms with Gasteiger partial charge in [-0.15, -0.1) is 0 Å². The molecule has 0 spiro atoms. The van der Waals surface area contributed by atoms with Crippen molar-refractivity contribution >= 4 is 29.3 Å². The summed E-state index contributed by atoms with van der Waals surface area (Å²) in [6.45, 7) is 0. The maximum absolute atomic E-state index is 12.2. The largest absolute Gasteiger partial charge is 0.496 e. The van der Waals surface area contributed by atoms with Crippen LogP contribution in [-0.4, -0.2) is 29.1 Å². The molecule has 21 heavy (non-hydrogen) atoms. The number of methoxy groups -OCH3 is 1. The third-order valence-electron chi connectivity index (χ3n) is 2.66. The summed E-state index contributed by atoms with van der Waals surface area (Å²) in [5.41, 5.74) is 0.299. The average molecular weight is 307 g/mol. The summed E-state index contributed by atoms with van der Waals surface area (Å²) in [5.74, 6) is -1.12. The van der Waals surface area contributed by atoms with Crippen LogP contribution in [0.2, 0.25) is 5.02 Å². The first-order valence-corrected chi connectivity index (χ1v) is 6.23. The number of nitrogens with zero attached hydrogens (tertiary/aromatic N) is 1. The normalized spacial score (nSPS) is 10.0. The van der Waals surface area contributed by atoms with Crippen LogP contribution in [0.1, 0.15) is 20.7 Å². The number of halogens is 1. The first kappa shape index (κ1) is 14.8. The molecule has 1 heterocycles. The molecule has 2 rings (SSSR count). The second-order valence-corrected chi connectivity index (χ2v) is 4.47. The van der Waals surface area contributed by atoms with Gasteiger partial charge in [-0.3, -0.25) is 4.79 Å². The number of anilines is 1. The lowest BCUT2D eigenvalue weighted by Gasteiger charge is -2.09. The Kier molecular flexibility index (Phi) is 4.39. The van der Waals surface area contributed by atoms with Gasteiger partial charge in [0.15, 0.2) is 0 Å². The number of nitrogens with one attached hydrogen (secondary N) is 1. The Morgan fingerprint density at radius 2 is 2.05 bits per heavy atom. The highest BCUT2D eigenvalue weighted by molar-refractivity contribution is 6.31. The predicted molar refractivity (Wildman–Crippen MR) is 77.2 cm³/mol. The Labute approximate surface area is 125 Å². The summed E-state index contributed by atoms with van der Waals surface area (Å²) in [5, 5.41) is 11.8. The molecule has 1 aromatic heterocycles. The summed E-state index contributed by atoms with van der Waals surface area (Å²) in [6, 6.07) is 7.18. The Morgan fingerprint density at radius 3 is 2.71 bits per heavy atom. The first-order valence-electron chi connectivity index (χ1n) is 5.85. The Balaban J connectivity index is 2.26. The summed E-state index contributed by atoms with van der Waals surface area (Å²) in [6.07, 6.45) is 1.30. The summed E-state index contributed by atoms with van der Waals surface area (Å²) >= 11 is 5.83. The van der Waals surface area contributed by atoms with E-state index >= 15 is 0 Å². The van der Waals surface area contributed by atoms with E-state index in [1.165, 1.54) is 37.6 Å². The van der Waals surface area contributed by atoms with Gasteiger partial charge in [-0.1, -0.05) is 11.6 Å². The molecule has 0 aliphatic heterocycles. The van der Waals surface area contributed by atoms with Gasteiger partial charge in [-0.25, -0.2) is 9.78 Å². The van der Waals surface area contributed by atoms with Crippen LogP contribution >= 0.6 is 11.6 Å². The first-order chi connectivity index (χ1) is 10.0. The fraction of sp³-hybridized carbons (Fsp3) is 0.0714. The minimum atomic E-state index is -1.10. The lowest BCUT2D eigenvalue weighted by Crippen LogP contribution is -2.14. The molecule has 0 saturated heterocycles. The number of amides is 1. The third kappa shape index (κ3) is 3.49. The zero-order chi connectivity index (χ0) is 15.4. The van der Waals surface area contributed by atoms with Crippen molar-refractivity contribution in [2.75, 3.05) is 12.4 Å². The van der Waals surface area contributed by atoms with Gasteiger partial charge in [0.2, 0.25) is 0 Å². The molecule has 0 bridgehead atoms. The van der Waals surface area contributed by atoms with Crippen molar-refractivity contribution in [3.63, 3.8) is 0 Å². The number of carbonyl (C=O) groups is 2. The molecule has 0 saturated carbocycles. The maximum Gasteiger partial charge on any atom is 0.335 e. The van der Waals surface area contributed by atoms with Gasteiger partial charge in [0.1, 0.15) is 11.6 Å². The van der Waals surface area contributed by atoms with Crippen LogP contribution in [0.4, 0.5) is 5.82 Å². The minimum Gasteiger partial charge on any atom is -0.496 e. The van der Waals surface area contributed by atoms with Crippen molar-refractivity contribution < 1.29 is 19.4 Å². The van der Waals surface area contributed by atoms with Gasteiger partial charge in [0.25, 0.3) is 5.91 Å². The number of carboxylic acid groups (broad SMARTS) is 1. The Morgan fingerprint density at radius 1 is 1.29 bits per heavy atom. The van der Waals surface area contributed by atoms with Crippen molar-refractivity contribution in [2.24, 2.45) is 0 Å². The number of benzene rings is 1. The molecule has 6 nitrogen and oxygen atoms in total. The standard InChI is InChI=1S/C14H11ClN2O4/c1-21-11-7-9(15)2-3-10(11)13(18)17-12-6-8(14(19)20)4-5-16-12/h2-7H,1H3,(H,19,20)(H,16,17,18). The van der Waals surface area contributed by atoms with Crippen molar-refractivity contribution in [1.29, 1.82) is 0 Å². The van der Waals surface area contributed by atoms with Gasteiger partial charge in [-0.05, 0) is 30.3 Å². The van der Waals surface area contributed by atoms with E-state index in [-0.39, 0.29) is 16.9 Å². The molecule has 7 heteroatoms. The van der Waals surface area contributed by atoms with E-state index < -0.39 is 11.9 Å². The topological polar surface area (TPSA) is 88.5 Å². The smallest absolute Gasteiger partial charge is 0.335 e. The maximum atomic E-state index is 12.2. The number of aromatic carboxylic acids is 1. The SMILES string of the molecule is COc1cc(Cl)ccc1C(=O)Nc1cc(C(=O)O)ccn1. The van der Waals surface area contributed by atoms with Crippen molar-refractivity contribution in [3.05, 3.63) is 52.7 Å². The number of carboxylic acids is 1. The molecule has 2 N–H and O–H groups in total. The predicted octanol–water partition coefficient (Wildman–Crippen LogP) is 2.69. The minimum absolute atomic E-state index is 0.0309. The summed E-state index contributed by atoms with van der Waals surface area (Å²) in [4.78, 5) is 26.9. The molecule has 0 aliphatic rings. The zero-order valence-corrected chi connectivity index (χ0v) is 11.7. The highest BCUT2D eigenvalue weighted by atomic mass is 35.5. The summed E-state index contributed by atoms with van der Waals surface area (Å²) < 4.78 is 5.09. The molecule has 1 aromatic carbocycles. The molecule has 0 fully saturated rings. The van der Waals surface area contributed by atoms with Crippen LogP contribution in [-0.2, 0) is 0 Å². The van der Waals surface area contributed by atoms with Crippen molar-refractivity contribution in [2.45, 2.75) is 0 Å². The second kappa shape index (κ2) is 6.23. The zero-order valence-electron chi connectivity index (χ0n) is 11.0. The molecular weight excluding hydrogens is 296 g/mol. The average Bonchev–Trinajstić information content (AvgIpc) is 2.47. The van der Waals surface area contributed by atoms with E-state index in [1.807, 2.05) is 0 Å². The molecule has 0 aliphatic carbocycles. The number of pyridine rings is 1. The van der Waals surface area contributed by atoms with Crippen molar-refractivity contribution in [1.82, 2.24) is 4.98 Å². The van der Waals surface area contributed by atoms with Gasteiger partial charge in [0, 0.05) is 11.2 Å².